The molecule has 1 amide bonds. The van der Waals surface area contributed by atoms with Gasteiger partial charge in [-0.1, -0.05) is 0 Å². The van der Waals surface area contributed by atoms with Crippen molar-refractivity contribution in [3.63, 3.8) is 0 Å². The van der Waals surface area contributed by atoms with Crippen molar-refractivity contribution in [3.05, 3.63) is 56.6 Å². The molecule has 1 heterocycles. The summed E-state index contributed by atoms with van der Waals surface area (Å²) in [6, 6.07) is 4.68. The highest BCUT2D eigenvalue weighted by Crippen LogP contribution is 2.22. The monoisotopic (exact) mass is 355 g/mol. The number of hydrogen-bond acceptors (Lipinski definition) is 3. The fourth-order valence-corrected chi connectivity index (χ4v) is 2.30. The van der Waals surface area contributed by atoms with E-state index in [-0.39, 0.29) is 11.4 Å². The van der Waals surface area contributed by atoms with Crippen LogP contribution in [0, 0.1) is 15.9 Å². The summed E-state index contributed by atoms with van der Waals surface area (Å²) in [6.07, 6.45) is 1.74. The number of nitro groups is 1. The maximum Gasteiger partial charge on any atom is 0.272 e. The zero-order valence-corrected chi connectivity index (χ0v) is 12.6. The number of benzene rings is 1. The molecule has 0 spiro atoms. The van der Waals surface area contributed by atoms with E-state index < -0.39 is 16.6 Å². The van der Waals surface area contributed by atoms with E-state index in [4.69, 9.17) is 0 Å². The first-order valence-electron chi connectivity index (χ1n) is 6.03. The van der Waals surface area contributed by atoms with E-state index in [9.17, 15) is 19.3 Å². The van der Waals surface area contributed by atoms with Gasteiger partial charge in [0.25, 0.3) is 11.6 Å². The van der Waals surface area contributed by atoms with E-state index in [0.717, 1.165) is 16.6 Å². The summed E-state index contributed by atoms with van der Waals surface area (Å²) in [5.74, 6) is -1.35. The number of nitro benzene ring substituents is 1. The molecule has 1 aromatic carbocycles. The SMILES string of the molecule is CCn1cc(Br)cc1C(=O)Nc1ccc([N+](=O)[O-])cc1F. The number of hydrogen-bond donors (Lipinski definition) is 1. The third kappa shape index (κ3) is 3.27. The normalized spacial score (nSPS) is 10.4. The number of nitrogens with one attached hydrogen (secondary N) is 1. The number of carbonyl (C=O) groups is 1. The van der Waals surface area contributed by atoms with Gasteiger partial charge in [-0.15, -0.1) is 0 Å². The topological polar surface area (TPSA) is 77.2 Å². The second kappa shape index (κ2) is 6.04. The first-order chi connectivity index (χ1) is 9.92. The van der Waals surface area contributed by atoms with Crippen molar-refractivity contribution in [1.82, 2.24) is 4.57 Å². The van der Waals surface area contributed by atoms with Gasteiger partial charge in [0, 0.05) is 23.3 Å². The number of aryl methyl sites for hydroxylation is 1. The van der Waals surface area contributed by atoms with Crippen molar-refractivity contribution in [3.8, 4) is 0 Å². The molecule has 8 heteroatoms. The lowest BCUT2D eigenvalue weighted by Gasteiger charge is -2.08. The number of anilines is 1. The Morgan fingerprint density at radius 2 is 2.19 bits per heavy atom. The molecule has 110 valence electrons. The third-order valence-electron chi connectivity index (χ3n) is 2.85. The zero-order valence-electron chi connectivity index (χ0n) is 11.0. The Morgan fingerprint density at radius 1 is 1.48 bits per heavy atom. The Labute approximate surface area is 127 Å². The Balaban J connectivity index is 2.25. The lowest BCUT2D eigenvalue weighted by molar-refractivity contribution is -0.385. The molecule has 0 aliphatic carbocycles. The number of aromatic nitrogens is 1. The lowest BCUT2D eigenvalue weighted by atomic mass is 10.2. The van der Waals surface area contributed by atoms with Gasteiger partial charge in [-0.2, -0.15) is 0 Å². The molecule has 0 fully saturated rings. The highest BCUT2D eigenvalue weighted by Gasteiger charge is 2.16. The maximum absolute atomic E-state index is 13.7. The van der Waals surface area contributed by atoms with Crippen LogP contribution in [-0.4, -0.2) is 15.4 Å². The van der Waals surface area contributed by atoms with Crippen LogP contribution in [0.1, 0.15) is 17.4 Å². The second-order valence-corrected chi connectivity index (χ2v) is 5.12. The van der Waals surface area contributed by atoms with Crippen LogP contribution in [0.5, 0.6) is 0 Å². The van der Waals surface area contributed by atoms with Gasteiger partial charge < -0.3 is 9.88 Å². The van der Waals surface area contributed by atoms with Gasteiger partial charge in [0.1, 0.15) is 5.69 Å². The largest absolute Gasteiger partial charge is 0.343 e. The van der Waals surface area contributed by atoms with Gasteiger partial charge in [-0.3, -0.25) is 14.9 Å². The van der Waals surface area contributed by atoms with Gasteiger partial charge in [0.15, 0.2) is 5.82 Å². The second-order valence-electron chi connectivity index (χ2n) is 4.20. The Morgan fingerprint density at radius 3 is 2.76 bits per heavy atom. The van der Waals surface area contributed by atoms with Crippen LogP contribution in [0.2, 0.25) is 0 Å². The van der Waals surface area contributed by atoms with E-state index >= 15 is 0 Å². The van der Waals surface area contributed by atoms with Crippen LogP contribution in [0.4, 0.5) is 15.8 Å². The average molecular weight is 356 g/mol. The molecule has 1 aromatic heterocycles. The van der Waals surface area contributed by atoms with E-state index in [1.54, 1.807) is 16.8 Å². The van der Waals surface area contributed by atoms with E-state index in [1.807, 2.05) is 6.92 Å². The molecule has 0 saturated carbocycles. The van der Waals surface area contributed by atoms with Gasteiger partial charge in [-0.25, -0.2) is 4.39 Å². The van der Waals surface area contributed by atoms with E-state index in [2.05, 4.69) is 21.2 Å². The number of carbonyl (C=O) groups excluding carboxylic acids is 1. The van der Waals surface area contributed by atoms with Crippen molar-refractivity contribution in [1.29, 1.82) is 0 Å². The Kier molecular flexibility index (Phi) is 4.37. The average Bonchev–Trinajstić information content (AvgIpc) is 2.82. The van der Waals surface area contributed by atoms with E-state index in [0.29, 0.717) is 12.2 Å². The standard InChI is InChI=1S/C13H11BrFN3O3/c1-2-17-7-8(14)5-12(17)13(19)16-11-4-3-9(18(20)21)6-10(11)15/h3-7H,2H2,1H3,(H,16,19). The van der Waals surface area contributed by atoms with Crippen molar-refractivity contribution in [2.75, 3.05) is 5.32 Å². The van der Waals surface area contributed by atoms with Crippen LogP contribution in [-0.2, 0) is 6.54 Å². The van der Waals surface area contributed by atoms with Gasteiger partial charge in [0.05, 0.1) is 16.7 Å². The van der Waals surface area contributed by atoms with Crippen molar-refractivity contribution in [2.24, 2.45) is 0 Å². The summed E-state index contributed by atoms with van der Waals surface area (Å²) in [6.45, 7) is 2.45. The Bertz CT molecular complexity index is 715. The van der Waals surface area contributed by atoms with Crippen LogP contribution < -0.4 is 5.32 Å². The van der Waals surface area contributed by atoms with Crippen LogP contribution in [0.15, 0.2) is 34.9 Å². The molecule has 2 aromatic rings. The molecule has 21 heavy (non-hydrogen) atoms. The molecule has 0 atom stereocenters. The number of halogens is 2. The molecule has 0 saturated heterocycles. The third-order valence-corrected chi connectivity index (χ3v) is 3.28. The minimum absolute atomic E-state index is 0.106. The number of non-ortho nitro benzene ring substituents is 1. The van der Waals surface area contributed by atoms with E-state index in [1.165, 1.54) is 6.07 Å². The molecule has 0 bridgehead atoms. The lowest BCUT2D eigenvalue weighted by Crippen LogP contribution is -2.17. The summed E-state index contributed by atoms with van der Waals surface area (Å²) in [5, 5.41) is 12.9. The molecule has 0 radical (unpaired) electrons. The van der Waals surface area contributed by atoms with Gasteiger partial charge in [0.2, 0.25) is 0 Å². The number of nitrogens with zero attached hydrogens (tertiary/aromatic N) is 2. The quantitative estimate of drug-likeness (QED) is 0.672. The summed E-state index contributed by atoms with van der Waals surface area (Å²) >= 11 is 3.27. The molecule has 6 nitrogen and oxygen atoms in total. The molecule has 0 aliphatic rings. The fraction of sp³-hybridized carbons (Fsp3) is 0.154. The predicted octanol–water partition coefficient (Wildman–Crippen LogP) is 3.57. The molecular weight excluding hydrogens is 345 g/mol. The predicted molar refractivity (Wildman–Crippen MR) is 78.8 cm³/mol. The van der Waals surface area contributed by atoms with Crippen molar-refractivity contribution < 1.29 is 14.1 Å². The number of rotatable bonds is 4. The summed E-state index contributed by atoms with van der Waals surface area (Å²) in [7, 11) is 0. The van der Waals surface area contributed by atoms with Crippen LogP contribution >= 0.6 is 15.9 Å². The molecule has 0 unspecified atom stereocenters. The Hall–Kier alpha value is -2.22. The zero-order chi connectivity index (χ0) is 15.6. The van der Waals surface area contributed by atoms with Gasteiger partial charge in [-0.05, 0) is 35.0 Å². The fourth-order valence-electron chi connectivity index (χ4n) is 1.83. The minimum Gasteiger partial charge on any atom is -0.343 e. The molecule has 1 N–H and O–H groups in total. The summed E-state index contributed by atoms with van der Waals surface area (Å²) in [4.78, 5) is 22.0. The highest BCUT2D eigenvalue weighted by molar-refractivity contribution is 9.10. The van der Waals surface area contributed by atoms with Crippen molar-refractivity contribution >= 4 is 33.2 Å². The minimum atomic E-state index is -0.855. The molecular formula is C13H11BrFN3O3. The first-order valence-corrected chi connectivity index (χ1v) is 6.82. The van der Waals surface area contributed by atoms with Crippen LogP contribution in [0.3, 0.4) is 0 Å². The maximum atomic E-state index is 13.7. The van der Waals surface area contributed by atoms with Gasteiger partial charge >= 0.3 is 0 Å². The number of amides is 1. The summed E-state index contributed by atoms with van der Waals surface area (Å²) in [5.41, 5.74) is -0.113. The molecule has 0 aliphatic heterocycles. The summed E-state index contributed by atoms with van der Waals surface area (Å²) < 4.78 is 16.2. The van der Waals surface area contributed by atoms with Crippen LogP contribution in [0.25, 0.3) is 0 Å². The molecule has 2 rings (SSSR count). The van der Waals surface area contributed by atoms with Crippen molar-refractivity contribution in [2.45, 2.75) is 13.5 Å². The first kappa shape index (κ1) is 15.2. The smallest absolute Gasteiger partial charge is 0.272 e. The highest BCUT2D eigenvalue weighted by atomic mass is 79.9.